The molecule has 0 saturated carbocycles. The van der Waals surface area contributed by atoms with Gasteiger partial charge in [0.25, 0.3) is 5.97 Å². The Labute approximate surface area is 156 Å². The molecular formula is C21H21N3O3. The Morgan fingerprint density at radius 1 is 1.15 bits per heavy atom. The maximum absolute atomic E-state index is 9.00. The standard InChI is InChI=1S/C19H17N3O.C2H4O2/c1-11-8-15-17(10-16(11)22(2)3)23-18-9-14(20)12-6-4-5-7-13(12)19(18)21-15;1-2(3)4/h4-10,20H,1-3H3;1H3,(H,3,4). The lowest BCUT2D eigenvalue weighted by molar-refractivity contribution is -0.134. The molecule has 1 aliphatic carbocycles. The Balaban J connectivity index is 0.000000481. The predicted octanol–water partition coefficient (Wildman–Crippen LogP) is 4.03. The van der Waals surface area contributed by atoms with E-state index in [1.807, 2.05) is 44.4 Å². The summed E-state index contributed by atoms with van der Waals surface area (Å²) in [5, 5.41) is 17.9. The van der Waals surface area contributed by atoms with E-state index in [9.17, 15) is 0 Å². The molecule has 0 bridgehead atoms. The molecule has 0 radical (unpaired) electrons. The van der Waals surface area contributed by atoms with Gasteiger partial charge in [0.05, 0.1) is 5.36 Å². The van der Waals surface area contributed by atoms with Crippen molar-refractivity contribution in [2.75, 3.05) is 19.0 Å². The number of aliphatic carboxylic acids is 1. The van der Waals surface area contributed by atoms with E-state index >= 15 is 0 Å². The zero-order valence-corrected chi connectivity index (χ0v) is 15.7. The quantitative estimate of drug-likeness (QED) is 0.394. The summed E-state index contributed by atoms with van der Waals surface area (Å²) >= 11 is 0. The highest BCUT2D eigenvalue weighted by molar-refractivity contribution is 5.96. The van der Waals surface area contributed by atoms with Gasteiger partial charge in [-0.25, -0.2) is 4.98 Å². The van der Waals surface area contributed by atoms with Crippen molar-refractivity contribution in [3.05, 3.63) is 53.4 Å². The second kappa shape index (κ2) is 7.07. The normalized spacial score (nSPS) is 10.7. The predicted molar refractivity (Wildman–Crippen MR) is 106 cm³/mol. The van der Waals surface area contributed by atoms with Gasteiger partial charge in [-0.1, -0.05) is 24.3 Å². The van der Waals surface area contributed by atoms with Gasteiger partial charge < -0.3 is 19.8 Å². The molecule has 1 aliphatic heterocycles. The molecule has 138 valence electrons. The van der Waals surface area contributed by atoms with E-state index in [1.54, 1.807) is 6.07 Å². The van der Waals surface area contributed by atoms with Gasteiger partial charge in [-0.2, -0.15) is 0 Å². The zero-order valence-electron chi connectivity index (χ0n) is 15.7. The number of nitrogens with zero attached hydrogens (tertiary/aromatic N) is 2. The van der Waals surface area contributed by atoms with E-state index in [0.29, 0.717) is 11.1 Å². The van der Waals surface area contributed by atoms with Crippen LogP contribution in [0.1, 0.15) is 12.5 Å². The number of carbonyl (C=O) groups is 1. The fourth-order valence-electron chi connectivity index (χ4n) is 3.08. The number of rotatable bonds is 1. The van der Waals surface area contributed by atoms with Crippen LogP contribution >= 0.6 is 0 Å². The number of carboxylic acid groups (broad SMARTS) is 1. The number of fused-ring (bicyclic) bond motifs is 4. The second-order valence-corrected chi connectivity index (χ2v) is 6.55. The molecule has 0 spiro atoms. The Morgan fingerprint density at radius 2 is 1.78 bits per heavy atom. The first-order valence-electron chi connectivity index (χ1n) is 8.46. The number of aromatic nitrogens is 1. The van der Waals surface area contributed by atoms with Crippen molar-refractivity contribution in [2.24, 2.45) is 0 Å². The van der Waals surface area contributed by atoms with Crippen LogP contribution in [0.5, 0.6) is 0 Å². The lowest BCUT2D eigenvalue weighted by atomic mass is 10.0. The number of aryl methyl sites for hydroxylation is 1. The number of benzene rings is 3. The average Bonchev–Trinajstić information content (AvgIpc) is 2.60. The van der Waals surface area contributed by atoms with Crippen molar-refractivity contribution in [3.63, 3.8) is 0 Å². The summed E-state index contributed by atoms with van der Waals surface area (Å²) in [7, 11) is 4.02. The fourth-order valence-corrected chi connectivity index (χ4v) is 3.08. The first kappa shape index (κ1) is 18.4. The van der Waals surface area contributed by atoms with Gasteiger partial charge in [0.15, 0.2) is 11.3 Å². The zero-order chi connectivity index (χ0) is 19.7. The smallest absolute Gasteiger partial charge is 0.300 e. The third-order valence-corrected chi connectivity index (χ3v) is 4.19. The van der Waals surface area contributed by atoms with Crippen molar-refractivity contribution >= 4 is 33.5 Å². The van der Waals surface area contributed by atoms with Gasteiger partial charge in [0.2, 0.25) is 0 Å². The summed E-state index contributed by atoms with van der Waals surface area (Å²) in [4.78, 5) is 15.9. The van der Waals surface area contributed by atoms with Gasteiger partial charge in [0.1, 0.15) is 11.2 Å². The number of carboxylic acids is 1. The number of hydrogen-bond acceptors (Lipinski definition) is 5. The molecule has 0 aromatic heterocycles. The van der Waals surface area contributed by atoms with Crippen LogP contribution in [0.25, 0.3) is 33.3 Å². The van der Waals surface area contributed by atoms with Gasteiger partial charge in [0, 0.05) is 49.6 Å². The molecule has 0 saturated heterocycles. The highest BCUT2D eigenvalue weighted by Gasteiger charge is 2.15. The van der Waals surface area contributed by atoms with E-state index in [-0.39, 0.29) is 0 Å². The van der Waals surface area contributed by atoms with Crippen molar-refractivity contribution in [2.45, 2.75) is 13.8 Å². The van der Waals surface area contributed by atoms with Gasteiger partial charge in [-0.3, -0.25) is 4.79 Å². The molecule has 0 fully saturated rings. The Morgan fingerprint density at radius 3 is 2.41 bits per heavy atom. The van der Waals surface area contributed by atoms with E-state index in [0.717, 1.165) is 45.7 Å². The lowest BCUT2D eigenvalue weighted by Crippen LogP contribution is -2.10. The maximum atomic E-state index is 9.00. The Bertz CT molecular complexity index is 1170. The SMILES string of the molecule is CC(=O)O.Cc1cc2nc3c4ccccc4c(=N)cc-3oc2cc1N(C)C. The molecule has 0 atom stereocenters. The summed E-state index contributed by atoms with van der Waals surface area (Å²) in [6.07, 6.45) is 0. The van der Waals surface area contributed by atoms with Crippen LogP contribution in [0.3, 0.4) is 0 Å². The van der Waals surface area contributed by atoms with E-state index in [1.165, 1.54) is 0 Å². The molecule has 1 heterocycles. The summed E-state index contributed by atoms with van der Waals surface area (Å²) in [5.41, 5.74) is 4.64. The molecule has 6 heteroatoms. The molecular weight excluding hydrogens is 342 g/mol. The highest BCUT2D eigenvalue weighted by atomic mass is 16.4. The van der Waals surface area contributed by atoms with Gasteiger partial charge >= 0.3 is 0 Å². The van der Waals surface area contributed by atoms with Crippen molar-refractivity contribution in [3.8, 4) is 11.5 Å². The molecule has 0 amide bonds. The van der Waals surface area contributed by atoms with E-state index in [4.69, 9.17) is 24.7 Å². The molecule has 2 N–H and O–H groups in total. The average molecular weight is 363 g/mol. The second-order valence-electron chi connectivity index (χ2n) is 6.55. The first-order valence-corrected chi connectivity index (χ1v) is 8.46. The third-order valence-electron chi connectivity index (χ3n) is 4.19. The van der Waals surface area contributed by atoms with Crippen LogP contribution in [0.2, 0.25) is 0 Å². The highest BCUT2D eigenvalue weighted by Crippen LogP contribution is 2.32. The Hall–Kier alpha value is -3.41. The van der Waals surface area contributed by atoms with E-state index < -0.39 is 5.97 Å². The third kappa shape index (κ3) is 3.60. The van der Waals surface area contributed by atoms with Crippen molar-refractivity contribution in [1.29, 1.82) is 5.41 Å². The number of anilines is 1. The van der Waals surface area contributed by atoms with Crippen LogP contribution < -0.4 is 10.3 Å². The number of nitrogens with one attached hydrogen (secondary N) is 1. The minimum absolute atomic E-state index is 0.456. The van der Waals surface area contributed by atoms with Crippen LogP contribution in [0.15, 0.2) is 46.9 Å². The van der Waals surface area contributed by atoms with Gasteiger partial charge in [-0.15, -0.1) is 0 Å². The molecule has 2 aromatic carbocycles. The Kier molecular flexibility index (Phi) is 4.81. The molecule has 2 aromatic rings. The monoisotopic (exact) mass is 363 g/mol. The lowest BCUT2D eigenvalue weighted by Gasteiger charge is -2.17. The molecule has 6 nitrogen and oxygen atoms in total. The summed E-state index contributed by atoms with van der Waals surface area (Å²) in [6, 6.07) is 13.7. The fraction of sp³-hybridized carbons (Fsp3) is 0.190. The van der Waals surface area contributed by atoms with Crippen LogP contribution in [0.4, 0.5) is 5.69 Å². The molecule has 0 unspecified atom stereocenters. The van der Waals surface area contributed by atoms with Crippen molar-refractivity contribution in [1.82, 2.24) is 4.98 Å². The summed E-state index contributed by atoms with van der Waals surface area (Å²) in [6.45, 7) is 3.16. The minimum Gasteiger partial charge on any atom is -0.481 e. The van der Waals surface area contributed by atoms with Crippen LogP contribution in [0, 0.1) is 12.3 Å². The summed E-state index contributed by atoms with van der Waals surface area (Å²) in [5.74, 6) is -0.185. The molecule has 27 heavy (non-hydrogen) atoms. The molecule has 2 aliphatic rings. The molecule has 4 rings (SSSR count). The number of hydrogen-bond donors (Lipinski definition) is 2. The van der Waals surface area contributed by atoms with Crippen LogP contribution in [-0.4, -0.2) is 30.2 Å². The first-order chi connectivity index (χ1) is 12.8. The topological polar surface area (TPSA) is 90.4 Å². The summed E-state index contributed by atoms with van der Waals surface area (Å²) < 4.78 is 6.07. The van der Waals surface area contributed by atoms with Crippen molar-refractivity contribution < 1.29 is 14.3 Å². The maximum Gasteiger partial charge on any atom is 0.300 e. The largest absolute Gasteiger partial charge is 0.481 e. The van der Waals surface area contributed by atoms with E-state index in [2.05, 4.69) is 17.9 Å². The van der Waals surface area contributed by atoms with Gasteiger partial charge in [-0.05, 0) is 18.6 Å². The minimum atomic E-state index is -0.833. The van der Waals surface area contributed by atoms with Crippen LogP contribution in [-0.2, 0) is 4.79 Å².